The zero-order valence-corrected chi connectivity index (χ0v) is 13.3. The van der Waals surface area contributed by atoms with Crippen molar-refractivity contribution in [1.29, 1.82) is 0 Å². The maximum atomic E-state index is 12.5. The van der Waals surface area contributed by atoms with E-state index in [4.69, 9.17) is 16.3 Å². The van der Waals surface area contributed by atoms with E-state index in [0.717, 1.165) is 18.0 Å². The molecule has 6 nitrogen and oxygen atoms in total. The molecular formula is C16H17ClN2O4. The SMILES string of the molecule is O=C1C(O)=C(c2ccc(Cl)cc2)C(=O)N1CCN1CCOCC1. The first-order valence-electron chi connectivity index (χ1n) is 7.43. The summed E-state index contributed by atoms with van der Waals surface area (Å²) in [6.45, 7) is 3.68. The minimum Gasteiger partial charge on any atom is -0.502 e. The van der Waals surface area contributed by atoms with Crippen LogP contribution in [-0.4, -0.2) is 66.1 Å². The fourth-order valence-corrected chi connectivity index (χ4v) is 2.84. The summed E-state index contributed by atoms with van der Waals surface area (Å²) in [6, 6.07) is 6.46. The predicted octanol–water partition coefficient (Wildman–Crippen LogP) is 1.31. The van der Waals surface area contributed by atoms with Gasteiger partial charge in [0.2, 0.25) is 0 Å². The Morgan fingerprint density at radius 2 is 1.70 bits per heavy atom. The molecule has 2 aliphatic heterocycles. The molecule has 2 amide bonds. The Labute approximate surface area is 138 Å². The van der Waals surface area contributed by atoms with E-state index in [2.05, 4.69) is 4.90 Å². The molecule has 122 valence electrons. The van der Waals surface area contributed by atoms with Crippen molar-refractivity contribution < 1.29 is 19.4 Å². The van der Waals surface area contributed by atoms with E-state index in [1.807, 2.05) is 0 Å². The van der Waals surface area contributed by atoms with Crippen LogP contribution < -0.4 is 0 Å². The van der Waals surface area contributed by atoms with Crippen molar-refractivity contribution in [3.63, 3.8) is 0 Å². The van der Waals surface area contributed by atoms with Gasteiger partial charge in [-0.05, 0) is 17.7 Å². The summed E-state index contributed by atoms with van der Waals surface area (Å²) < 4.78 is 5.27. The van der Waals surface area contributed by atoms with Crippen molar-refractivity contribution in [3.8, 4) is 0 Å². The normalized spacial score (nSPS) is 19.8. The summed E-state index contributed by atoms with van der Waals surface area (Å²) in [5.74, 6) is -1.62. The minimum absolute atomic E-state index is 0.0358. The summed E-state index contributed by atoms with van der Waals surface area (Å²) in [6.07, 6.45) is 0. The molecule has 2 aliphatic rings. The van der Waals surface area contributed by atoms with Crippen molar-refractivity contribution in [3.05, 3.63) is 40.6 Å². The van der Waals surface area contributed by atoms with Crippen molar-refractivity contribution >= 4 is 29.0 Å². The molecule has 0 aromatic heterocycles. The topological polar surface area (TPSA) is 70.1 Å². The number of rotatable bonds is 4. The highest BCUT2D eigenvalue weighted by Gasteiger charge is 2.39. The van der Waals surface area contributed by atoms with Gasteiger partial charge in [0, 0.05) is 31.2 Å². The van der Waals surface area contributed by atoms with Gasteiger partial charge in [0.15, 0.2) is 5.76 Å². The van der Waals surface area contributed by atoms with E-state index in [9.17, 15) is 14.7 Å². The molecule has 0 radical (unpaired) electrons. The monoisotopic (exact) mass is 336 g/mol. The lowest BCUT2D eigenvalue weighted by Gasteiger charge is -2.28. The first-order valence-corrected chi connectivity index (χ1v) is 7.81. The van der Waals surface area contributed by atoms with Crippen molar-refractivity contribution in [2.24, 2.45) is 0 Å². The zero-order chi connectivity index (χ0) is 16.4. The van der Waals surface area contributed by atoms with Crippen LogP contribution in [0.5, 0.6) is 0 Å². The second-order valence-corrected chi connectivity index (χ2v) is 5.88. The first kappa shape index (κ1) is 16.0. The second kappa shape index (κ2) is 6.70. The van der Waals surface area contributed by atoms with Crippen LogP contribution in [0.3, 0.4) is 0 Å². The standard InChI is InChI=1S/C16H17ClN2O4/c17-12-3-1-11(2-4-12)13-14(20)16(22)19(15(13)21)6-5-18-7-9-23-10-8-18/h1-4,20H,5-10H2. The van der Waals surface area contributed by atoms with E-state index in [-0.39, 0.29) is 12.1 Å². The third-order valence-electron chi connectivity index (χ3n) is 4.02. The van der Waals surface area contributed by atoms with Crippen LogP contribution >= 0.6 is 11.6 Å². The van der Waals surface area contributed by atoms with Gasteiger partial charge >= 0.3 is 0 Å². The number of amides is 2. The van der Waals surface area contributed by atoms with E-state index in [1.165, 1.54) is 0 Å². The quantitative estimate of drug-likeness (QED) is 0.840. The number of aliphatic hydroxyl groups excluding tert-OH is 1. The number of carbonyl (C=O) groups is 2. The number of carbonyl (C=O) groups excluding carboxylic acids is 2. The molecule has 3 rings (SSSR count). The van der Waals surface area contributed by atoms with E-state index in [1.54, 1.807) is 24.3 Å². The molecule has 23 heavy (non-hydrogen) atoms. The lowest BCUT2D eigenvalue weighted by atomic mass is 10.1. The second-order valence-electron chi connectivity index (χ2n) is 5.45. The molecule has 0 spiro atoms. The number of benzene rings is 1. The maximum Gasteiger partial charge on any atom is 0.296 e. The van der Waals surface area contributed by atoms with Gasteiger partial charge in [0.05, 0.1) is 18.8 Å². The molecule has 1 aromatic rings. The minimum atomic E-state index is -0.645. The zero-order valence-electron chi connectivity index (χ0n) is 12.5. The molecule has 2 heterocycles. The predicted molar refractivity (Wildman–Crippen MR) is 85.0 cm³/mol. The Bertz CT molecular complexity index is 651. The van der Waals surface area contributed by atoms with E-state index >= 15 is 0 Å². The molecule has 1 aromatic carbocycles. The summed E-state index contributed by atoms with van der Waals surface area (Å²) in [5, 5.41) is 10.6. The van der Waals surface area contributed by atoms with Gasteiger partial charge in [-0.15, -0.1) is 0 Å². The Morgan fingerprint density at radius 1 is 1.04 bits per heavy atom. The van der Waals surface area contributed by atoms with E-state index in [0.29, 0.717) is 30.3 Å². The molecule has 0 atom stereocenters. The van der Waals surface area contributed by atoms with Gasteiger partial charge in [-0.25, -0.2) is 0 Å². The molecule has 0 unspecified atom stereocenters. The number of aliphatic hydroxyl groups is 1. The number of halogens is 1. The maximum absolute atomic E-state index is 12.5. The molecular weight excluding hydrogens is 320 g/mol. The Kier molecular flexibility index (Phi) is 4.66. The first-order chi connectivity index (χ1) is 11.1. The summed E-state index contributed by atoms with van der Waals surface area (Å²) in [4.78, 5) is 27.9. The summed E-state index contributed by atoms with van der Waals surface area (Å²) in [7, 11) is 0. The largest absolute Gasteiger partial charge is 0.502 e. The molecule has 0 aliphatic carbocycles. The highest BCUT2D eigenvalue weighted by atomic mass is 35.5. The van der Waals surface area contributed by atoms with Crippen LogP contribution in [0.15, 0.2) is 30.0 Å². The van der Waals surface area contributed by atoms with Gasteiger partial charge < -0.3 is 9.84 Å². The molecule has 1 N–H and O–H groups in total. The summed E-state index contributed by atoms with van der Waals surface area (Å²) in [5.41, 5.74) is 0.521. The molecule has 1 fully saturated rings. The van der Waals surface area contributed by atoms with E-state index < -0.39 is 17.6 Å². The van der Waals surface area contributed by atoms with Crippen LogP contribution in [0.25, 0.3) is 5.57 Å². The van der Waals surface area contributed by atoms with Crippen molar-refractivity contribution in [1.82, 2.24) is 9.80 Å². The number of ether oxygens (including phenoxy) is 1. The van der Waals surface area contributed by atoms with Gasteiger partial charge in [0.25, 0.3) is 11.8 Å². The Hall–Kier alpha value is -1.89. The number of imide groups is 1. The molecule has 0 bridgehead atoms. The number of nitrogens with zero attached hydrogens (tertiary/aromatic N) is 2. The fraction of sp³-hybridized carbons (Fsp3) is 0.375. The lowest BCUT2D eigenvalue weighted by Crippen LogP contribution is -2.43. The summed E-state index contributed by atoms with van der Waals surface area (Å²) >= 11 is 5.83. The van der Waals surface area contributed by atoms with Gasteiger partial charge in [-0.2, -0.15) is 0 Å². The average Bonchev–Trinajstić information content (AvgIpc) is 2.78. The highest BCUT2D eigenvalue weighted by molar-refractivity contribution is 6.35. The van der Waals surface area contributed by atoms with Crippen molar-refractivity contribution in [2.45, 2.75) is 0 Å². The number of hydrogen-bond acceptors (Lipinski definition) is 5. The smallest absolute Gasteiger partial charge is 0.296 e. The molecule has 1 saturated heterocycles. The van der Waals surface area contributed by atoms with Crippen LogP contribution in [0.4, 0.5) is 0 Å². The van der Waals surface area contributed by atoms with Gasteiger partial charge in [-0.3, -0.25) is 19.4 Å². The Morgan fingerprint density at radius 3 is 2.35 bits per heavy atom. The van der Waals surface area contributed by atoms with Gasteiger partial charge in [0.1, 0.15) is 0 Å². The Balaban J connectivity index is 1.72. The van der Waals surface area contributed by atoms with Crippen LogP contribution in [0.2, 0.25) is 5.02 Å². The average molecular weight is 337 g/mol. The number of morpholine rings is 1. The third kappa shape index (κ3) is 3.24. The number of hydrogen-bond donors (Lipinski definition) is 1. The third-order valence-corrected chi connectivity index (χ3v) is 4.27. The van der Waals surface area contributed by atoms with Gasteiger partial charge in [-0.1, -0.05) is 23.7 Å². The lowest BCUT2D eigenvalue weighted by molar-refractivity contribution is -0.138. The van der Waals surface area contributed by atoms with Crippen LogP contribution in [-0.2, 0) is 14.3 Å². The molecule has 0 saturated carbocycles. The molecule has 7 heteroatoms. The fourth-order valence-electron chi connectivity index (χ4n) is 2.71. The van der Waals surface area contributed by atoms with Crippen LogP contribution in [0.1, 0.15) is 5.56 Å². The van der Waals surface area contributed by atoms with Crippen LogP contribution in [0, 0.1) is 0 Å². The van der Waals surface area contributed by atoms with Crippen molar-refractivity contribution in [2.75, 3.05) is 39.4 Å². The highest BCUT2D eigenvalue weighted by Crippen LogP contribution is 2.28.